The molecule has 0 aromatic heterocycles. The van der Waals surface area contributed by atoms with Gasteiger partial charge in [-0.05, 0) is 83.7 Å². The minimum Gasteiger partial charge on any atom is -0.462 e. The molecule has 1 unspecified atom stereocenters. The van der Waals surface area contributed by atoms with Crippen molar-refractivity contribution in [1.29, 1.82) is 0 Å². The van der Waals surface area contributed by atoms with Gasteiger partial charge in [0.2, 0.25) is 0 Å². The first-order valence-corrected chi connectivity index (χ1v) is 21.1. The molecular weight excluding hydrogens is 606 g/mol. The minimum atomic E-state index is -0.371. The second-order valence-corrected chi connectivity index (χ2v) is 13.9. The number of nitrogens with zero attached hydrogens (tertiary/aromatic N) is 1. The fraction of sp³-hybridized carbons (Fsp3) is 0.818. The molecule has 0 radical (unpaired) electrons. The lowest BCUT2D eigenvalue weighted by Crippen LogP contribution is -2.32. The standard InChI is InChI=1S/C44H81NO4/c1-5-9-11-13-15-17-19-21-23-25-27-29-31-33-35-37-43(46)48-41-42(39-40-45(7-3)8-4)49-44(47)38-36-34-32-30-28-26-24-22-20-18-16-14-12-10-6-2/h16,18,21-24,42H,5-15,17,19-20,25-41H2,1-4H3/b18-16-,23-21-,24-22-. The highest BCUT2D eigenvalue weighted by Gasteiger charge is 2.18. The zero-order valence-corrected chi connectivity index (χ0v) is 33.0. The van der Waals surface area contributed by atoms with Crippen molar-refractivity contribution >= 4 is 11.9 Å². The first-order valence-electron chi connectivity index (χ1n) is 21.1. The van der Waals surface area contributed by atoms with Crippen molar-refractivity contribution in [2.24, 2.45) is 0 Å². The van der Waals surface area contributed by atoms with Crippen LogP contribution in [0.2, 0.25) is 0 Å². The summed E-state index contributed by atoms with van der Waals surface area (Å²) in [6.45, 7) is 11.7. The van der Waals surface area contributed by atoms with E-state index < -0.39 is 0 Å². The van der Waals surface area contributed by atoms with Crippen LogP contribution in [0.15, 0.2) is 36.5 Å². The van der Waals surface area contributed by atoms with Gasteiger partial charge in [-0.1, -0.05) is 148 Å². The molecule has 0 heterocycles. The van der Waals surface area contributed by atoms with Crippen molar-refractivity contribution in [3.63, 3.8) is 0 Å². The molecule has 0 bridgehead atoms. The number of carbonyl (C=O) groups excluding carboxylic acids is 2. The average molecular weight is 688 g/mol. The molecule has 49 heavy (non-hydrogen) atoms. The number of unbranched alkanes of at least 4 members (excludes halogenated alkanes) is 19. The quantitative estimate of drug-likeness (QED) is 0.0370. The molecule has 0 saturated carbocycles. The molecule has 0 amide bonds. The number of esters is 2. The van der Waals surface area contributed by atoms with E-state index in [4.69, 9.17) is 9.47 Å². The lowest BCUT2D eigenvalue weighted by Gasteiger charge is -2.23. The summed E-state index contributed by atoms with van der Waals surface area (Å²) in [6.07, 6.45) is 43.9. The third-order valence-electron chi connectivity index (χ3n) is 9.36. The molecule has 0 aromatic carbocycles. The molecule has 0 rings (SSSR count). The number of allylic oxidation sites excluding steroid dienone is 6. The molecule has 0 saturated heterocycles. The third kappa shape index (κ3) is 35.7. The second kappa shape index (κ2) is 38.9. The van der Waals surface area contributed by atoms with E-state index in [2.05, 4.69) is 69.1 Å². The van der Waals surface area contributed by atoms with Gasteiger partial charge in [0, 0.05) is 25.8 Å². The highest BCUT2D eigenvalue weighted by molar-refractivity contribution is 5.70. The maximum atomic E-state index is 12.6. The Morgan fingerprint density at radius 1 is 0.510 bits per heavy atom. The van der Waals surface area contributed by atoms with Gasteiger partial charge in [-0.15, -0.1) is 0 Å². The Hall–Kier alpha value is -1.88. The summed E-state index contributed by atoms with van der Waals surface area (Å²) in [7, 11) is 0. The van der Waals surface area contributed by atoms with Crippen molar-refractivity contribution in [2.45, 2.75) is 207 Å². The molecule has 0 aliphatic heterocycles. The normalized spacial score (nSPS) is 12.6. The van der Waals surface area contributed by atoms with Gasteiger partial charge in [0.1, 0.15) is 12.7 Å². The summed E-state index contributed by atoms with van der Waals surface area (Å²) in [5.41, 5.74) is 0. The molecule has 0 aromatic rings. The number of carbonyl (C=O) groups is 2. The second-order valence-electron chi connectivity index (χ2n) is 13.9. The molecule has 286 valence electrons. The van der Waals surface area contributed by atoms with E-state index in [1.807, 2.05) is 0 Å². The summed E-state index contributed by atoms with van der Waals surface area (Å²) in [4.78, 5) is 27.4. The molecule has 0 aliphatic rings. The van der Waals surface area contributed by atoms with Crippen molar-refractivity contribution in [2.75, 3.05) is 26.2 Å². The fourth-order valence-electron chi connectivity index (χ4n) is 5.97. The Bertz CT molecular complexity index is 801. The van der Waals surface area contributed by atoms with E-state index in [9.17, 15) is 9.59 Å². The van der Waals surface area contributed by atoms with Crippen LogP contribution in [0.25, 0.3) is 0 Å². The summed E-state index contributed by atoms with van der Waals surface area (Å²) in [5, 5.41) is 0. The molecule has 1 atom stereocenters. The maximum Gasteiger partial charge on any atom is 0.306 e. The third-order valence-corrected chi connectivity index (χ3v) is 9.36. The van der Waals surface area contributed by atoms with E-state index in [-0.39, 0.29) is 24.6 Å². The molecule has 0 aliphatic carbocycles. The monoisotopic (exact) mass is 688 g/mol. The first kappa shape index (κ1) is 47.1. The Morgan fingerprint density at radius 2 is 0.918 bits per heavy atom. The lowest BCUT2D eigenvalue weighted by atomic mass is 10.1. The van der Waals surface area contributed by atoms with Gasteiger partial charge >= 0.3 is 11.9 Å². The van der Waals surface area contributed by atoms with Gasteiger partial charge < -0.3 is 14.4 Å². The topological polar surface area (TPSA) is 55.8 Å². The summed E-state index contributed by atoms with van der Waals surface area (Å²) < 4.78 is 11.4. The van der Waals surface area contributed by atoms with Crippen molar-refractivity contribution in [3.8, 4) is 0 Å². The highest BCUT2D eigenvalue weighted by atomic mass is 16.6. The first-order chi connectivity index (χ1) is 24.1. The van der Waals surface area contributed by atoms with E-state index >= 15 is 0 Å². The molecule has 0 N–H and O–H groups in total. The molecule has 0 spiro atoms. The van der Waals surface area contributed by atoms with E-state index in [1.54, 1.807) is 0 Å². The SMILES string of the molecule is CCCCC/C=C\C/C=C\CCCCCCCC(=O)OC(CCN(CC)CC)COC(=O)CCCCCCC/C=C\CCCCCCCC. The Kier molecular flexibility index (Phi) is 37.4. The number of hydrogen-bond acceptors (Lipinski definition) is 5. The van der Waals surface area contributed by atoms with Crippen LogP contribution >= 0.6 is 0 Å². The molecular formula is C44H81NO4. The van der Waals surface area contributed by atoms with Crippen LogP contribution in [-0.4, -0.2) is 49.2 Å². The number of rotatable bonds is 37. The van der Waals surface area contributed by atoms with Crippen LogP contribution in [0.1, 0.15) is 201 Å². The highest BCUT2D eigenvalue weighted by Crippen LogP contribution is 2.13. The van der Waals surface area contributed by atoms with Gasteiger partial charge in [-0.2, -0.15) is 0 Å². The smallest absolute Gasteiger partial charge is 0.306 e. The maximum absolute atomic E-state index is 12.6. The van der Waals surface area contributed by atoms with Crippen molar-refractivity contribution in [1.82, 2.24) is 4.90 Å². The van der Waals surface area contributed by atoms with Crippen molar-refractivity contribution in [3.05, 3.63) is 36.5 Å². The molecule has 5 nitrogen and oxygen atoms in total. The number of ether oxygens (including phenoxy) is 2. The predicted octanol–water partition coefficient (Wildman–Crippen LogP) is 13.0. The zero-order valence-electron chi connectivity index (χ0n) is 33.0. The van der Waals surface area contributed by atoms with Crippen LogP contribution in [0, 0.1) is 0 Å². The summed E-state index contributed by atoms with van der Waals surface area (Å²) >= 11 is 0. The number of hydrogen-bond donors (Lipinski definition) is 0. The van der Waals surface area contributed by atoms with Crippen LogP contribution < -0.4 is 0 Å². The Balaban J connectivity index is 4.06. The van der Waals surface area contributed by atoms with E-state index in [0.717, 1.165) is 71.0 Å². The Labute approximate surface area is 305 Å². The Morgan fingerprint density at radius 3 is 1.43 bits per heavy atom. The largest absolute Gasteiger partial charge is 0.462 e. The van der Waals surface area contributed by atoms with Crippen molar-refractivity contribution < 1.29 is 19.1 Å². The van der Waals surface area contributed by atoms with Crippen LogP contribution in [0.3, 0.4) is 0 Å². The minimum absolute atomic E-state index is 0.163. The van der Waals surface area contributed by atoms with Gasteiger partial charge in [-0.3, -0.25) is 9.59 Å². The predicted molar refractivity (Wildman–Crippen MR) is 212 cm³/mol. The fourth-order valence-corrected chi connectivity index (χ4v) is 5.97. The summed E-state index contributed by atoms with van der Waals surface area (Å²) in [5.74, 6) is -0.334. The van der Waals surface area contributed by atoms with Gasteiger partial charge in [0.15, 0.2) is 0 Å². The van der Waals surface area contributed by atoms with Gasteiger partial charge in [0.05, 0.1) is 0 Å². The zero-order chi connectivity index (χ0) is 35.9. The van der Waals surface area contributed by atoms with Crippen LogP contribution in [-0.2, 0) is 19.1 Å². The summed E-state index contributed by atoms with van der Waals surface area (Å²) in [6, 6.07) is 0. The average Bonchev–Trinajstić information content (AvgIpc) is 3.10. The lowest BCUT2D eigenvalue weighted by molar-refractivity contribution is -0.159. The molecule has 5 heteroatoms. The van der Waals surface area contributed by atoms with Crippen LogP contribution in [0.5, 0.6) is 0 Å². The van der Waals surface area contributed by atoms with E-state index in [0.29, 0.717) is 19.3 Å². The van der Waals surface area contributed by atoms with Crippen LogP contribution in [0.4, 0.5) is 0 Å². The van der Waals surface area contributed by atoms with E-state index in [1.165, 1.54) is 103 Å². The van der Waals surface area contributed by atoms with Gasteiger partial charge in [0.25, 0.3) is 0 Å². The van der Waals surface area contributed by atoms with Gasteiger partial charge in [-0.25, -0.2) is 0 Å². The molecule has 0 fully saturated rings.